The Morgan fingerprint density at radius 3 is 2.47 bits per heavy atom. The van der Waals surface area contributed by atoms with Crippen LogP contribution in [0.5, 0.6) is 0 Å². The van der Waals surface area contributed by atoms with E-state index in [4.69, 9.17) is 16.3 Å². The summed E-state index contributed by atoms with van der Waals surface area (Å²) in [7, 11) is 0. The highest BCUT2D eigenvalue weighted by Gasteiger charge is 2.28. The molecule has 1 aromatic heterocycles. The van der Waals surface area contributed by atoms with E-state index in [0.717, 1.165) is 17.3 Å². The van der Waals surface area contributed by atoms with Gasteiger partial charge in [0.25, 0.3) is 5.69 Å². The minimum atomic E-state index is -0.528. The predicted octanol–water partition coefficient (Wildman–Crippen LogP) is 5.59. The van der Waals surface area contributed by atoms with Crippen LogP contribution in [0.2, 0.25) is 5.15 Å². The van der Waals surface area contributed by atoms with Crippen LogP contribution in [0.1, 0.15) is 29.0 Å². The van der Waals surface area contributed by atoms with E-state index in [0.29, 0.717) is 18.5 Å². The Hall–Kier alpha value is -3.71. The lowest BCUT2D eigenvalue weighted by atomic mass is 9.98. The molecule has 0 saturated heterocycles. The number of ether oxygens (including phenoxy) is 1. The molecule has 0 bridgehead atoms. The molecule has 0 fully saturated rings. The smallest absolute Gasteiger partial charge is 0.407 e. The summed E-state index contributed by atoms with van der Waals surface area (Å²) in [5, 5.41) is 13.7. The number of nitro groups is 1. The number of rotatable bonds is 7. The first-order chi connectivity index (χ1) is 15.5. The molecule has 4 rings (SSSR count). The summed E-state index contributed by atoms with van der Waals surface area (Å²) in [4.78, 5) is 26.3. The second kappa shape index (κ2) is 9.62. The van der Waals surface area contributed by atoms with Gasteiger partial charge < -0.3 is 10.1 Å². The van der Waals surface area contributed by atoms with Crippen molar-refractivity contribution in [2.45, 2.75) is 12.3 Å². The Labute approximate surface area is 189 Å². The van der Waals surface area contributed by atoms with Crippen LogP contribution in [0, 0.1) is 10.1 Å². The van der Waals surface area contributed by atoms with E-state index < -0.39 is 11.0 Å². The number of nitrogens with zero attached hydrogens (tertiary/aromatic N) is 2. The van der Waals surface area contributed by atoms with E-state index in [2.05, 4.69) is 34.6 Å². The summed E-state index contributed by atoms with van der Waals surface area (Å²) in [6.07, 6.45) is 4.52. The lowest BCUT2D eigenvalue weighted by molar-refractivity contribution is -0.385. The van der Waals surface area contributed by atoms with Gasteiger partial charge in [0.2, 0.25) is 0 Å². The molecular weight excluding hydrogens is 430 g/mol. The van der Waals surface area contributed by atoms with Gasteiger partial charge in [-0.1, -0.05) is 72.3 Å². The van der Waals surface area contributed by atoms with Gasteiger partial charge in [-0.2, -0.15) is 0 Å². The first-order valence-corrected chi connectivity index (χ1v) is 10.5. The van der Waals surface area contributed by atoms with Gasteiger partial charge in [0, 0.05) is 24.1 Å². The molecule has 2 aromatic carbocycles. The van der Waals surface area contributed by atoms with Crippen molar-refractivity contribution in [3.63, 3.8) is 0 Å². The maximum absolute atomic E-state index is 12.2. The van der Waals surface area contributed by atoms with E-state index >= 15 is 0 Å². The second-order valence-electron chi connectivity index (χ2n) is 7.27. The standard InChI is InChI=1S/C24H20ClN3O4/c25-23-16(13-17(14-27-23)28(30)31)7-5-6-12-26-24(29)32-15-22-20-10-3-1-8-18(20)19-9-2-4-11-21(19)22/h1-5,7-11,13-14,22H,6,12,15H2,(H,26,29). The normalized spacial score (nSPS) is 12.4. The summed E-state index contributed by atoms with van der Waals surface area (Å²) in [5.74, 6) is 0.0107. The van der Waals surface area contributed by atoms with Crippen LogP contribution in [-0.4, -0.2) is 29.2 Å². The number of amides is 1. The van der Waals surface area contributed by atoms with Gasteiger partial charge in [0.05, 0.1) is 4.92 Å². The molecular formula is C24H20ClN3O4. The van der Waals surface area contributed by atoms with Gasteiger partial charge in [-0.25, -0.2) is 9.78 Å². The van der Waals surface area contributed by atoms with Gasteiger partial charge in [-0.05, 0) is 28.7 Å². The zero-order valence-electron chi connectivity index (χ0n) is 17.0. The van der Waals surface area contributed by atoms with Crippen LogP contribution in [0.4, 0.5) is 10.5 Å². The van der Waals surface area contributed by atoms with Crippen molar-refractivity contribution in [2.75, 3.05) is 13.2 Å². The molecule has 3 aromatic rings. The average Bonchev–Trinajstić information content (AvgIpc) is 3.12. The third-order valence-corrected chi connectivity index (χ3v) is 5.60. The molecule has 0 spiro atoms. The number of fused-ring (bicyclic) bond motifs is 3. The highest BCUT2D eigenvalue weighted by atomic mass is 35.5. The lowest BCUT2D eigenvalue weighted by Crippen LogP contribution is -2.26. The number of aromatic nitrogens is 1. The molecule has 1 aliphatic rings. The van der Waals surface area contributed by atoms with Crippen LogP contribution < -0.4 is 5.32 Å². The second-order valence-corrected chi connectivity index (χ2v) is 7.63. The molecule has 32 heavy (non-hydrogen) atoms. The summed E-state index contributed by atoms with van der Waals surface area (Å²) >= 11 is 5.96. The summed E-state index contributed by atoms with van der Waals surface area (Å²) in [5.41, 5.74) is 4.99. The van der Waals surface area contributed by atoms with E-state index in [1.165, 1.54) is 17.2 Å². The topological polar surface area (TPSA) is 94.4 Å². The minimum Gasteiger partial charge on any atom is -0.449 e. The van der Waals surface area contributed by atoms with Gasteiger partial charge in [-0.15, -0.1) is 0 Å². The van der Waals surface area contributed by atoms with Crippen LogP contribution in [0.25, 0.3) is 17.2 Å². The third kappa shape index (κ3) is 4.63. The van der Waals surface area contributed by atoms with E-state index in [-0.39, 0.29) is 23.4 Å². The third-order valence-electron chi connectivity index (χ3n) is 5.28. The molecule has 0 saturated carbocycles. The van der Waals surface area contributed by atoms with Crippen molar-refractivity contribution < 1.29 is 14.5 Å². The first kappa shape index (κ1) is 21.5. The number of halogens is 1. The number of benzene rings is 2. The molecule has 0 atom stereocenters. The quantitative estimate of drug-likeness (QED) is 0.220. The fraction of sp³-hybridized carbons (Fsp3) is 0.167. The zero-order chi connectivity index (χ0) is 22.5. The Morgan fingerprint density at radius 2 is 1.81 bits per heavy atom. The fourth-order valence-corrected chi connectivity index (χ4v) is 3.95. The Balaban J connectivity index is 1.28. The Kier molecular flexibility index (Phi) is 6.47. The van der Waals surface area contributed by atoms with E-state index in [9.17, 15) is 14.9 Å². The van der Waals surface area contributed by atoms with Crippen molar-refractivity contribution in [2.24, 2.45) is 0 Å². The minimum absolute atomic E-state index is 0.0107. The Bertz CT molecular complexity index is 1150. The monoisotopic (exact) mass is 449 g/mol. The largest absolute Gasteiger partial charge is 0.449 e. The van der Waals surface area contributed by atoms with Crippen molar-refractivity contribution >= 4 is 29.5 Å². The van der Waals surface area contributed by atoms with Crippen LogP contribution in [-0.2, 0) is 4.74 Å². The van der Waals surface area contributed by atoms with Gasteiger partial charge in [0.1, 0.15) is 18.0 Å². The molecule has 0 radical (unpaired) electrons. The van der Waals surface area contributed by atoms with Gasteiger partial charge in [-0.3, -0.25) is 10.1 Å². The highest BCUT2D eigenvalue weighted by molar-refractivity contribution is 6.30. The molecule has 1 N–H and O–H groups in total. The molecule has 1 aliphatic carbocycles. The maximum atomic E-state index is 12.2. The van der Waals surface area contributed by atoms with E-state index in [1.54, 1.807) is 12.2 Å². The van der Waals surface area contributed by atoms with Gasteiger partial charge in [0.15, 0.2) is 0 Å². The van der Waals surface area contributed by atoms with Crippen molar-refractivity contribution in [1.82, 2.24) is 10.3 Å². The van der Waals surface area contributed by atoms with Crippen LogP contribution in [0.3, 0.4) is 0 Å². The number of pyridine rings is 1. The average molecular weight is 450 g/mol. The molecule has 8 heteroatoms. The molecule has 0 aliphatic heterocycles. The number of alkyl carbamates (subject to hydrolysis) is 1. The summed E-state index contributed by atoms with van der Waals surface area (Å²) < 4.78 is 5.49. The number of hydrogen-bond donors (Lipinski definition) is 1. The van der Waals surface area contributed by atoms with E-state index in [1.807, 2.05) is 24.3 Å². The summed E-state index contributed by atoms with van der Waals surface area (Å²) in [6, 6.07) is 17.7. The van der Waals surface area contributed by atoms with Gasteiger partial charge >= 0.3 is 6.09 Å². The SMILES string of the molecule is O=C(NCCC=Cc1cc([N+](=O)[O-])cnc1Cl)OCC1c2ccccc2-c2ccccc21. The van der Waals surface area contributed by atoms with Crippen molar-refractivity contribution in [3.05, 3.63) is 98.8 Å². The Morgan fingerprint density at radius 1 is 1.16 bits per heavy atom. The van der Waals surface area contributed by atoms with Crippen molar-refractivity contribution in [3.8, 4) is 11.1 Å². The number of hydrogen-bond acceptors (Lipinski definition) is 5. The van der Waals surface area contributed by atoms with Crippen LogP contribution in [0.15, 0.2) is 66.9 Å². The highest BCUT2D eigenvalue weighted by Crippen LogP contribution is 2.44. The number of carbonyl (C=O) groups excluding carboxylic acids is 1. The van der Waals surface area contributed by atoms with Crippen LogP contribution >= 0.6 is 11.6 Å². The predicted molar refractivity (Wildman–Crippen MR) is 123 cm³/mol. The number of nitrogens with one attached hydrogen (secondary N) is 1. The molecule has 1 amide bonds. The summed E-state index contributed by atoms with van der Waals surface area (Å²) in [6.45, 7) is 0.609. The first-order valence-electron chi connectivity index (χ1n) is 10.1. The molecule has 1 heterocycles. The number of carbonyl (C=O) groups is 1. The lowest BCUT2D eigenvalue weighted by Gasteiger charge is -2.14. The molecule has 162 valence electrons. The fourth-order valence-electron chi connectivity index (χ4n) is 3.79. The zero-order valence-corrected chi connectivity index (χ0v) is 17.8. The molecule has 0 unspecified atom stereocenters. The van der Waals surface area contributed by atoms with Crippen molar-refractivity contribution in [1.29, 1.82) is 0 Å². The molecule has 7 nitrogen and oxygen atoms in total. The maximum Gasteiger partial charge on any atom is 0.407 e.